The number of hydrogen-bond acceptors (Lipinski definition) is 8. The third kappa shape index (κ3) is 4.13. The Morgan fingerprint density at radius 3 is 2.87 bits per heavy atom. The lowest BCUT2D eigenvalue weighted by Crippen LogP contribution is -2.06. The molecule has 0 saturated carbocycles. The van der Waals surface area contributed by atoms with E-state index in [9.17, 15) is 4.79 Å². The van der Waals surface area contributed by atoms with Gasteiger partial charge in [-0.3, -0.25) is 0 Å². The molecule has 0 saturated heterocycles. The highest BCUT2D eigenvalue weighted by molar-refractivity contribution is 7.13. The summed E-state index contributed by atoms with van der Waals surface area (Å²) in [6, 6.07) is 9.94. The number of aromatic nitrogens is 3. The first-order chi connectivity index (χ1) is 11.2. The number of anilines is 1. The lowest BCUT2D eigenvalue weighted by molar-refractivity contribution is 0.0424. The van der Waals surface area contributed by atoms with Gasteiger partial charge in [0, 0.05) is 11.9 Å². The normalized spacial score (nSPS) is 10.5. The third-order valence-electron chi connectivity index (χ3n) is 2.90. The fraction of sp³-hybridized carbons (Fsp3) is 0.200. The number of carbonyl (C=O) groups is 1. The number of benzene rings is 1. The van der Waals surface area contributed by atoms with Crippen LogP contribution in [-0.2, 0) is 17.9 Å². The lowest BCUT2D eigenvalue weighted by Gasteiger charge is -2.02. The van der Waals surface area contributed by atoms with Crippen molar-refractivity contribution in [1.29, 1.82) is 0 Å². The van der Waals surface area contributed by atoms with Gasteiger partial charge in [0.1, 0.15) is 0 Å². The molecule has 0 bridgehead atoms. The molecular weight excluding hydrogens is 316 g/mol. The highest BCUT2D eigenvalue weighted by Gasteiger charge is 2.14. The highest BCUT2D eigenvalue weighted by Crippen LogP contribution is 2.17. The van der Waals surface area contributed by atoms with Gasteiger partial charge in [-0.2, -0.15) is 4.98 Å². The number of nitrogens with one attached hydrogen (secondary N) is 1. The summed E-state index contributed by atoms with van der Waals surface area (Å²) in [7, 11) is 0. The zero-order valence-corrected chi connectivity index (χ0v) is 13.2. The molecule has 0 unspecified atom stereocenters. The topological polar surface area (TPSA) is 90.1 Å². The molecule has 2 heterocycles. The summed E-state index contributed by atoms with van der Waals surface area (Å²) in [5, 5.41) is 9.10. The van der Waals surface area contributed by atoms with Crippen LogP contribution < -0.4 is 5.32 Å². The zero-order valence-electron chi connectivity index (χ0n) is 12.4. The van der Waals surface area contributed by atoms with Crippen LogP contribution in [0.2, 0.25) is 0 Å². The largest absolute Gasteiger partial charge is 0.451 e. The van der Waals surface area contributed by atoms with E-state index < -0.39 is 5.97 Å². The van der Waals surface area contributed by atoms with Crippen LogP contribution in [0.5, 0.6) is 0 Å². The molecular formula is C15H14N4O3S. The van der Waals surface area contributed by atoms with E-state index in [1.807, 2.05) is 30.3 Å². The van der Waals surface area contributed by atoms with Crippen LogP contribution in [0.25, 0.3) is 0 Å². The fourth-order valence-corrected chi connectivity index (χ4v) is 2.50. The first kappa shape index (κ1) is 15.2. The van der Waals surface area contributed by atoms with Crippen molar-refractivity contribution in [3.05, 3.63) is 58.7 Å². The second-order valence-electron chi connectivity index (χ2n) is 4.69. The molecule has 1 N–H and O–H groups in total. The minimum absolute atomic E-state index is 0.0655. The molecule has 8 heteroatoms. The number of carbonyl (C=O) groups excluding carboxylic acids is 1. The highest BCUT2D eigenvalue weighted by atomic mass is 32.1. The molecule has 0 aliphatic heterocycles. The van der Waals surface area contributed by atoms with E-state index in [2.05, 4.69) is 20.4 Å². The molecule has 7 nitrogen and oxygen atoms in total. The Labute approximate surface area is 136 Å². The lowest BCUT2D eigenvalue weighted by atomic mass is 10.2. The number of thiazole rings is 1. The van der Waals surface area contributed by atoms with Crippen LogP contribution in [0.3, 0.4) is 0 Å². The van der Waals surface area contributed by atoms with E-state index in [0.717, 1.165) is 5.56 Å². The van der Waals surface area contributed by atoms with E-state index >= 15 is 0 Å². The maximum atomic E-state index is 11.9. The van der Waals surface area contributed by atoms with E-state index in [-0.39, 0.29) is 18.2 Å². The van der Waals surface area contributed by atoms with E-state index in [4.69, 9.17) is 9.26 Å². The molecule has 0 fully saturated rings. The van der Waals surface area contributed by atoms with Crippen LogP contribution in [0.1, 0.15) is 27.8 Å². The van der Waals surface area contributed by atoms with Crippen molar-refractivity contribution < 1.29 is 14.1 Å². The standard InChI is InChI=1S/C15H14N4O3S/c1-10-17-13(22-19-10)8-21-14(20)12-9-23-15(18-12)16-7-11-5-3-2-4-6-11/h2-6,9H,7-8H2,1H3,(H,16,18). The van der Waals surface area contributed by atoms with Gasteiger partial charge in [0.25, 0.3) is 5.89 Å². The average molecular weight is 330 g/mol. The van der Waals surface area contributed by atoms with Crippen LogP contribution in [0.15, 0.2) is 40.2 Å². The van der Waals surface area contributed by atoms with Crippen molar-refractivity contribution in [3.63, 3.8) is 0 Å². The average Bonchev–Trinajstić information content (AvgIpc) is 3.21. The monoisotopic (exact) mass is 330 g/mol. The predicted octanol–water partition coefficient (Wildman–Crippen LogP) is 2.80. The van der Waals surface area contributed by atoms with Gasteiger partial charge in [0.05, 0.1) is 0 Å². The van der Waals surface area contributed by atoms with Crippen molar-refractivity contribution in [2.75, 3.05) is 5.32 Å². The number of hydrogen-bond donors (Lipinski definition) is 1. The Kier molecular flexibility index (Phi) is 4.62. The summed E-state index contributed by atoms with van der Waals surface area (Å²) in [6.07, 6.45) is 0. The molecule has 118 valence electrons. The van der Waals surface area contributed by atoms with Gasteiger partial charge in [-0.05, 0) is 12.5 Å². The quantitative estimate of drug-likeness (QED) is 0.695. The Balaban J connectivity index is 1.52. The number of nitrogens with zero attached hydrogens (tertiary/aromatic N) is 3. The van der Waals surface area contributed by atoms with Gasteiger partial charge in [0.2, 0.25) is 0 Å². The number of rotatable bonds is 6. The summed E-state index contributed by atoms with van der Waals surface area (Å²) < 4.78 is 9.96. The molecule has 3 rings (SSSR count). The molecule has 0 radical (unpaired) electrons. The molecule has 23 heavy (non-hydrogen) atoms. The zero-order chi connectivity index (χ0) is 16.1. The Morgan fingerprint density at radius 2 is 2.13 bits per heavy atom. The van der Waals surface area contributed by atoms with Gasteiger partial charge in [-0.25, -0.2) is 9.78 Å². The Bertz CT molecular complexity index is 785. The summed E-state index contributed by atoms with van der Waals surface area (Å²) in [5.41, 5.74) is 1.39. The Morgan fingerprint density at radius 1 is 1.30 bits per heavy atom. The van der Waals surface area contributed by atoms with Crippen molar-refractivity contribution >= 4 is 22.4 Å². The predicted molar refractivity (Wildman–Crippen MR) is 84.0 cm³/mol. The van der Waals surface area contributed by atoms with Gasteiger partial charge in [0.15, 0.2) is 23.3 Å². The van der Waals surface area contributed by atoms with Gasteiger partial charge in [-0.15, -0.1) is 11.3 Å². The van der Waals surface area contributed by atoms with Crippen molar-refractivity contribution in [3.8, 4) is 0 Å². The first-order valence-corrected chi connectivity index (χ1v) is 7.78. The minimum atomic E-state index is -0.523. The van der Waals surface area contributed by atoms with Gasteiger partial charge in [-0.1, -0.05) is 35.5 Å². The maximum Gasteiger partial charge on any atom is 0.358 e. The summed E-state index contributed by atoms with van der Waals surface area (Å²) in [5.74, 6) is 0.232. The van der Waals surface area contributed by atoms with E-state index in [1.54, 1.807) is 12.3 Å². The van der Waals surface area contributed by atoms with Crippen LogP contribution in [0.4, 0.5) is 5.13 Å². The molecule has 3 aromatic rings. The third-order valence-corrected chi connectivity index (χ3v) is 3.70. The molecule has 0 atom stereocenters. The smallest absolute Gasteiger partial charge is 0.358 e. The number of aryl methyl sites for hydroxylation is 1. The van der Waals surface area contributed by atoms with Gasteiger partial charge >= 0.3 is 5.97 Å². The Hall–Kier alpha value is -2.74. The van der Waals surface area contributed by atoms with Crippen molar-refractivity contribution in [2.45, 2.75) is 20.1 Å². The summed E-state index contributed by atoms with van der Waals surface area (Å²) in [4.78, 5) is 20.1. The second kappa shape index (κ2) is 7.01. The van der Waals surface area contributed by atoms with E-state index in [0.29, 0.717) is 17.5 Å². The van der Waals surface area contributed by atoms with Crippen LogP contribution >= 0.6 is 11.3 Å². The van der Waals surface area contributed by atoms with Crippen LogP contribution in [0, 0.1) is 6.92 Å². The molecule has 0 aliphatic carbocycles. The molecule has 2 aromatic heterocycles. The maximum absolute atomic E-state index is 11.9. The number of ether oxygens (including phenoxy) is 1. The SMILES string of the molecule is Cc1noc(COC(=O)c2csc(NCc3ccccc3)n2)n1. The fourth-order valence-electron chi connectivity index (χ4n) is 1.82. The van der Waals surface area contributed by atoms with Crippen molar-refractivity contribution in [2.24, 2.45) is 0 Å². The van der Waals surface area contributed by atoms with Crippen molar-refractivity contribution in [1.82, 2.24) is 15.1 Å². The molecule has 0 amide bonds. The summed E-state index contributed by atoms with van der Waals surface area (Å²) in [6.45, 7) is 2.27. The van der Waals surface area contributed by atoms with Gasteiger partial charge < -0.3 is 14.6 Å². The molecule has 0 spiro atoms. The second-order valence-corrected chi connectivity index (χ2v) is 5.55. The number of esters is 1. The van der Waals surface area contributed by atoms with Crippen LogP contribution in [-0.4, -0.2) is 21.1 Å². The minimum Gasteiger partial charge on any atom is -0.451 e. The van der Waals surface area contributed by atoms with E-state index in [1.165, 1.54) is 11.3 Å². The summed E-state index contributed by atoms with van der Waals surface area (Å²) >= 11 is 1.35. The first-order valence-electron chi connectivity index (χ1n) is 6.90. The molecule has 0 aliphatic rings. The molecule has 1 aromatic carbocycles.